The van der Waals surface area contributed by atoms with Crippen molar-refractivity contribution in [2.75, 3.05) is 23.9 Å². The molecule has 2 amide bonds. The van der Waals surface area contributed by atoms with Crippen LogP contribution in [0.1, 0.15) is 5.56 Å². The number of anilines is 2. The van der Waals surface area contributed by atoms with E-state index in [1.54, 1.807) is 18.2 Å². The number of carbonyl (C=O) groups excluding carboxylic acids is 2. The highest BCUT2D eigenvalue weighted by Gasteiger charge is 2.36. The summed E-state index contributed by atoms with van der Waals surface area (Å²) in [6.07, 6.45) is 1.70. The van der Waals surface area contributed by atoms with Crippen LogP contribution < -0.4 is 9.80 Å². The van der Waals surface area contributed by atoms with E-state index in [9.17, 15) is 14.7 Å². The monoisotopic (exact) mass is 340 g/mol. The number of phenols is 1. The van der Waals surface area contributed by atoms with E-state index in [-0.39, 0.29) is 16.9 Å². The summed E-state index contributed by atoms with van der Waals surface area (Å²) in [4.78, 5) is 28.1. The molecule has 122 valence electrons. The molecule has 0 saturated carbocycles. The van der Waals surface area contributed by atoms with E-state index in [0.717, 1.165) is 27.9 Å². The van der Waals surface area contributed by atoms with Gasteiger partial charge in [0.1, 0.15) is 5.75 Å². The lowest BCUT2D eigenvalue weighted by Gasteiger charge is -2.12. The Morgan fingerprint density at radius 3 is 2.42 bits per heavy atom. The Kier molecular flexibility index (Phi) is 4.31. The van der Waals surface area contributed by atoms with E-state index < -0.39 is 0 Å². The second kappa shape index (κ2) is 6.41. The highest BCUT2D eigenvalue weighted by atomic mass is 32.2. The molecule has 0 bridgehead atoms. The lowest BCUT2D eigenvalue weighted by Crippen LogP contribution is -2.27. The van der Waals surface area contributed by atoms with E-state index in [4.69, 9.17) is 0 Å². The average molecular weight is 340 g/mol. The molecule has 2 aromatic carbocycles. The molecule has 24 heavy (non-hydrogen) atoms. The molecule has 0 aromatic heterocycles. The van der Waals surface area contributed by atoms with E-state index in [0.29, 0.717) is 10.6 Å². The van der Waals surface area contributed by atoms with Crippen LogP contribution in [0.4, 0.5) is 16.2 Å². The van der Waals surface area contributed by atoms with Crippen LogP contribution in [-0.2, 0) is 4.79 Å². The first-order valence-corrected chi connectivity index (χ1v) is 8.12. The van der Waals surface area contributed by atoms with Crippen LogP contribution in [-0.4, -0.2) is 30.3 Å². The van der Waals surface area contributed by atoms with Crippen LogP contribution in [0, 0.1) is 0 Å². The smallest absolute Gasteiger partial charge is 0.298 e. The number of benzene rings is 2. The number of aromatic hydroxyl groups is 1. The summed E-state index contributed by atoms with van der Waals surface area (Å²) in [5, 5.41) is 9.17. The number of thioether (sulfide) groups is 1. The standard InChI is InChI=1S/C18H16N2O3S/c1-19(2)13-8-6-12(7-9-13)10-16-17(22)20(18(23)24-16)14-4-3-5-15(21)11-14/h3-11,21H,1-2H3. The van der Waals surface area contributed by atoms with Crippen LogP contribution in [0.2, 0.25) is 0 Å². The number of rotatable bonds is 3. The first kappa shape index (κ1) is 16.1. The predicted octanol–water partition coefficient (Wildman–Crippen LogP) is 3.70. The first-order chi connectivity index (χ1) is 11.5. The van der Waals surface area contributed by atoms with Crippen molar-refractivity contribution in [1.82, 2.24) is 0 Å². The molecule has 1 saturated heterocycles. The molecule has 2 aromatic rings. The maximum absolute atomic E-state index is 12.5. The normalized spacial score (nSPS) is 16.1. The number of hydrogen-bond donors (Lipinski definition) is 1. The second-order valence-corrected chi connectivity index (χ2v) is 6.52. The molecule has 0 atom stereocenters. The Morgan fingerprint density at radius 2 is 1.79 bits per heavy atom. The van der Waals surface area contributed by atoms with Gasteiger partial charge in [0.05, 0.1) is 10.6 Å². The summed E-state index contributed by atoms with van der Waals surface area (Å²) >= 11 is 0.894. The second-order valence-electron chi connectivity index (χ2n) is 5.52. The van der Waals surface area contributed by atoms with Crippen LogP contribution in [0.25, 0.3) is 6.08 Å². The van der Waals surface area contributed by atoms with Crippen molar-refractivity contribution in [2.45, 2.75) is 0 Å². The molecule has 1 aliphatic rings. The molecule has 1 aliphatic heterocycles. The molecule has 0 spiro atoms. The van der Waals surface area contributed by atoms with Crippen molar-refractivity contribution in [3.8, 4) is 5.75 Å². The Morgan fingerprint density at radius 1 is 1.08 bits per heavy atom. The minimum absolute atomic E-state index is 0.00908. The Bertz CT molecular complexity index is 828. The van der Waals surface area contributed by atoms with Crippen LogP contribution in [0.15, 0.2) is 53.4 Å². The van der Waals surface area contributed by atoms with Gasteiger partial charge in [0.25, 0.3) is 11.1 Å². The number of amides is 2. The zero-order chi connectivity index (χ0) is 17.3. The Labute approximate surface area is 144 Å². The van der Waals surface area contributed by atoms with Gasteiger partial charge in [0.2, 0.25) is 0 Å². The van der Waals surface area contributed by atoms with Gasteiger partial charge in [-0.15, -0.1) is 0 Å². The molecule has 1 fully saturated rings. The predicted molar refractivity (Wildman–Crippen MR) is 97.3 cm³/mol. The molecule has 5 nitrogen and oxygen atoms in total. The molecule has 1 N–H and O–H groups in total. The van der Waals surface area contributed by atoms with Crippen LogP contribution >= 0.6 is 11.8 Å². The van der Waals surface area contributed by atoms with Gasteiger partial charge in [-0.3, -0.25) is 9.59 Å². The molecular weight excluding hydrogens is 324 g/mol. The maximum atomic E-state index is 12.5. The molecule has 1 heterocycles. The van der Waals surface area contributed by atoms with Crippen molar-refractivity contribution < 1.29 is 14.7 Å². The molecule has 6 heteroatoms. The van der Waals surface area contributed by atoms with Gasteiger partial charge < -0.3 is 10.0 Å². The summed E-state index contributed by atoms with van der Waals surface area (Å²) in [6, 6.07) is 13.8. The Hall–Kier alpha value is -2.73. The highest BCUT2D eigenvalue weighted by molar-refractivity contribution is 8.19. The quantitative estimate of drug-likeness (QED) is 0.863. The van der Waals surface area contributed by atoms with Crippen LogP contribution in [0.3, 0.4) is 0 Å². The third-order valence-corrected chi connectivity index (χ3v) is 4.46. The van der Waals surface area contributed by atoms with Crippen molar-refractivity contribution >= 4 is 40.4 Å². The lowest BCUT2D eigenvalue weighted by molar-refractivity contribution is -0.113. The molecule has 0 aliphatic carbocycles. The fourth-order valence-electron chi connectivity index (χ4n) is 2.34. The van der Waals surface area contributed by atoms with Gasteiger partial charge in [0.15, 0.2) is 0 Å². The number of imide groups is 1. The van der Waals surface area contributed by atoms with Gasteiger partial charge in [0, 0.05) is 25.8 Å². The minimum Gasteiger partial charge on any atom is -0.508 e. The summed E-state index contributed by atoms with van der Waals surface area (Å²) in [7, 11) is 3.91. The van der Waals surface area contributed by atoms with Crippen molar-refractivity contribution in [1.29, 1.82) is 0 Å². The molecule has 0 unspecified atom stereocenters. The van der Waals surface area contributed by atoms with E-state index in [1.807, 2.05) is 43.3 Å². The van der Waals surface area contributed by atoms with Crippen molar-refractivity contribution in [3.63, 3.8) is 0 Å². The van der Waals surface area contributed by atoms with Crippen molar-refractivity contribution in [2.24, 2.45) is 0 Å². The van der Waals surface area contributed by atoms with Gasteiger partial charge >= 0.3 is 0 Å². The van der Waals surface area contributed by atoms with E-state index >= 15 is 0 Å². The third kappa shape index (κ3) is 3.14. The number of hydrogen-bond acceptors (Lipinski definition) is 5. The fourth-order valence-corrected chi connectivity index (χ4v) is 3.18. The molecule has 0 radical (unpaired) electrons. The van der Waals surface area contributed by atoms with Gasteiger partial charge in [-0.25, -0.2) is 4.90 Å². The fraction of sp³-hybridized carbons (Fsp3) is 0.111. The SMILES string of the molecule is CN(C)c1ccc(C=C2SC(=O)N(c3cccc(O)c3)C2=O)cc1. The van der Waals surface area contributed by atoms with Gasteiger partial charge in [-0.2, -0.15) is 0 Å². The Balaban J connectivity index is 1.88. The maximum Gasteiger partial charge on any atom is 0.298 e. The largest absolute Gasteiger partial charge is 0.508 e. The summed E-state index contributed by atoms with van der Waals surface area (Å²) in [6.45, 7) is 0. The summed E-state index contributed by atoms with van der Waals surface area (Å²) in [5.74, 6) is -0.373. The van der Waals surface area contributed by atoms with Gasteiger partial charge in [-0.05, 0) is 47.7 Å². The van der Waals surface area contributed by atoms with Crippen molar-refractivity contribution in [3.05, 3.63) is 59.0 Å². The summed E-state index contributed by atoms with van der Waals surface area (Å²) < 4.78 is 0. The number of carbonyl (C=O) groups is 2. The third-order valence-electron chi connectivity index (χ3n) is 3.59. The number of phenolic OH excluding ortho intramolecular Hbond substituents is 1. The number of nitrogens with zero attached hydrogens (tertiary/aromatic N) is 2. The minimum atomic E-state index is -0.382. The summed E-state index contributed by atoms with van der Waals surface area (Å²) in [5.41, 5.74) is 2.27. The topological polar surface area (TPSA) is 60.9 Å². The molecule has 3 rings (SSSR count). The van der Waals surface area contributed by atoms with E-state index in [2.05, 4.69) is 0 Å². The lowest BCUT2D eigenvalue weighted by atomic mass is 10.2. The first-order valence-electron chi connectivity index (χ1n) is 7.30. The van der Waals surface area contributed by atoms with Gasteiger partial charge in [-0.1, -0.05) is 18.2 Å². The van der Waals surface area contributed by atoms with Crippen LogP contribution in [0.5, 0.6) is 5.75 Å². The average Bonchev–Trinajstić information content (AvgIpc) is 2.82. The highest BCUT2D eigenvalue weighted by Crippen LogP contribution is 2.36. The zero-order valence-electron chi connectivity index (χ0n) is 13.3. The zero-order valence-corrected chi connectivity index (χ0v) is 14.1. The van der Waals surface area contributed by atoms with E-state index in [1.165, 1.54) is 12.1 Å². The molecular formula is C18H16N2O3S.